The fourth-order valence-corrected chi connectivity index (χ4v) is 1.65. The maximum absolute atomic E-state index is 11.2. The van der Waals surface area contributed by atoms with Gasteiger partial charge in [-0.25, -0.2) is 4.79 Å². The summed E-state index contributed by atoms with van der Waals surface area (Å²) in [5.41, 5.74) is 0. The van der Waals surface area contributed by atoms with Gasteiger partial charge in [-0.2, -0.15) is 0 Å². The highest BCUT2D eigenvalue weighted by atomic mass is 16.5. The zero-order valence-electron chi connectivity index (χ0n) is 10.4. The van der Waals surface area contributed by atoms with Crippen LogP contribution >= 0.6 is 0 Å². The molecular weight excluding hydrogens is 220 g/mol. The van der Waals surface area contributed by atoms with Crippen LogP contribution in [-0.2, 0) is 4.74 Å². The summed E-state index contributed by atoms with van der Waals surface area (Å²) in [4.78, 5) is 11.2. The number of esters is 1. The van der Waals surface area contributed by atoms with Crippen molar-refractivity contribution in [2.45, 2.75) is 45.1 Å². The second-order valence-corrected chi connectivity index (χ2v) is 4.06. The van der Waals surface area contributed by atoms with Crippen molar-refractivity contribution in [1.82, 2.24) is 0 Å². The monoisotopic (exact) mass is 240 g/mol. The molecule has 0 amide bonds. The Hall–Kier alpha value is -1.29. The van der Waals surface area contributed by atoms with Crippen molar-refractivity contribution in [3.8, 4) is 0 Å². The molecule has 1 aromatic heterocycles. The Morgan fingerprint density at radius 3 is 2.82 bits per heavy atom. The lowest BCUT2D eigenvalue weighted by molar-refractivity contribution is 0.0553. The molecule has 4 heteroatoms. The zero-order valence-corrected chi connectivity index (χ0v) is 10.4. The van der Waals surface area contributed by atoms with Crippen LogP contribution in [0.15, 0.2) is 16.5 Å². The Kier molecular flexibility index (Phi) is 5.77. The molecule has 0 aliphatic carbocycles. The van der Waals surface area contributed by atoms with E-state index in [0.717, 1.165) is 12.8 Å². The first-order chi connectivity index (χ1) is 8.19. The average molecular weight is 240 g/mol. The van der Waals surface area contributed by atoms with Crippen LogP contribution in [0.3, 0.4) is 0 Å². The summed E-state index contributed by atoms with van der Waals surface area (Å²) >= 11 is 0. The molecule has 0 saturated heterocycles. The van der Waals surface area contributed by atoms with E-state index in [4.69, 9.17) is 4.42 Å². The lowest BCUT2D eigenvalue weighted by atomic mass is 10.1. The molecule has 1 atom stereocenters. The van der Waals surface area contributed by atoms with E-state index in [-0.39, 0.29) is 5.76 Å². The van der Waals surface area contributed by atoms with Crippen molar-refractivity contribution in [2.75, 3.05) is 7.11 Å². The highest BCUT2D eigenvalue weighted by Crippen LogP contribution is 2.22. The normalized spacial score (nSPS) is 12.4. The van der Waals surface area contributed by atoms with Crippen LogP contribution in [0.25, 0.3) is 0 Å². The fourth-order valence-electron chi connectivity index (χ4n) is 1.65. The predicted molar refractivity (Wildman–Crippen MR) is 63.8 cm³/mol. The minimum Gasteiger partial charge on any atom is -0.463 e. The molecule has 0 radical (unpaired) electrons. The second kappa shape index (κ2) is 7.12. The first-order valence-electron chi connectivity index (χ1n) is 6.05. The first kappa shape index (κ1) is 13.8. The van der Waals surface area contributed by atoms with Crippen LogP contribution in [0.2, 0.25) is 0 Å². The standard InChI is InChI=1S/C13H20O4/c1-3-4-5-6-7-10(14)11-8-9-12(17-11)13(15)16-2/h8-10,14H,3-7H2,1-2H3. The third-order valence-corrected chi connectivity index (χ3v) is 2.67. The molecule has 17 heavy (non-hydrogen) atoms. The molecule has 1 aromatic rings. The summed E-state index contributed by atoms with van der Waals surface area (Å²) in [5, 5.41) is 9.84. The molecule has 0 aliphatic rings. The van der Waals surface area contributed by atoms with Gasteiger partial charge in [0.15, 0.2) is 0 Å². The van der Waals surface area contributed by atoms with Gasteiger partial charge in [-0.1, -0.05) is 32.6 Å². The molecule has 0 aliphatic heterocycles. The van der Waals surface area contributed by atoms with Gasteiger partial charge in [0.25, 0.3) is 0 Å². The van der Waals surface area contributed by atoms with E-state index in [0.29, 0.717) is 12.2 Å². The van der Waals surface area contributed by atoms with Gasteiger partial charge in [-0.15, -0.1) is 0 Å². The molecule has 1 N–H and O–H groups in total. The molecule has 0 saturated carbocycles. The highest BCUT2D eigenvalue weighted by molar-refractivity contribution is 5.86. The van der Waals surface area contributed by atoms with Gasteiger partial charge in [0.2, 0.25) is 5.76 Å². The number of carbonyl (C=O) groups is 1. The van der Waals surface area contributed by atoms with Gasteiger partial charge in [0.1, 0.15) is 11.9 Å². The minimum absolute atomic E-state index is 0.134. The predicted octanol–water partition coefficient (Wildman–Crippen LogP) is 3.07. The van der Waals surface area contributed by atoms with Gasteiger partial charge in [-0.3, -0.25) is 0 Å². The second-order valence-electron chi connectivity index (χ2n) is 4.06. The van der Waals surface area contributed by atoms with Crippen molar-refractivity contribution in [2.24, 2.45) is 0 Å². The minimum atomic E-state index is -0.634. The molecule has 0 bridgehead atoms. The number of unbranched alkanes of at least 4 members (excludes halogenated alkanes) is 3. The molecule has 4 nitrogen and oxygen atoms in total. The number of hydrogen-bond donors (Lipinski definition) is 1. The van der Waals surface area contributed by atoms with E-state index in [9.17, 15) is 9.90 Å². The third-order valence-electron chi connectivity index (χ3n) is 2.67. The molecule has 1 heterocycles. The smallest absolute Gasteiger partial charge is 0.373 e. The third kappa shape index (κ3) is 4.23. The SMILES string of the molecule is CCCCCCC(O)c1ccc(C(=O)OC)o1. The summed E-state index contributed by atoms with van der Waals surface area (Å²) in [6, 6.07) is 3.15. The molecule has 0 fully saturated rings. The zero-order chi connectivity index (χ0) is 12.7. The number of rotatable bonds is 7. The van der Waals surface area contributed by atoms with Crippen molar-refractivity contribution < 1.29 is 19.1 Å². The van der Waals surface area contributed by atoms with Gasteiger partial charge in [0, 0.05) is 0 Å². The van der Waals surface area contributed by atoms with Crippen molar-refractivity contribution >= 4 is 5.97 Å². The summed E-state index contributed by atoms with van der Waals surface area (Å²) in [6.45, 7) is 2.14. The van der Waals surface area contributed by atoms with Crippen molar-refractivity contribution in [3.63, 3.8) is 0 Å². The Morgan fingerprint density at radius 2 is 2.18 bits per heavy atom. The Morgan fingerprint density at radius 1 is 1.41 bits per heavy atom. The van der Waals surface area contributed by atoms with Crippen LogP contribution in [0.4, 0.5) is 0 Å². The lowest BCUT2D eigenvalue weighted by Gasteiger charge is -2.06. The number of furan rings is 1. The Bertz CT molecular complexity index is 343. The van der Waals surface area contributed by atoms with Crippen molar-refractivity contribution in [3.05, 3.63) is 23.7 Å². The first-order valence-corrected chi connectivity index (χ1v) is 6.05. The lowest BCUT2D eigenvalue weighted by Crippen LogP contribution is -1.99. The summed E-state index contributed by atoms with van der Waals surface area (Å²) in [6.07, 6.45) is 4.45. The maximum atomic E-state index is 11.2. The molecule has 0 aromatic carbocycles. The van der Waals surface area contributed by atoms with E-state index in [1.165, 1.54) is 26.0 Å². The number of ether oxygens (including phenoxy) is 1. The van der Waals surface area contributed by atoms with Gasteiger partial charge in [0.05, 0.1) is 7.11 Å². The maximum Gasteiger partial charge on any atom is 0.373 e. The van der Waals surface area contributed by atoms with Crippen LogP contribution in [0.1, 0.15) is 61.4 Å². The van der Waals surface area contributed by atoms with E-state index in [1.54, 1.807) is 6.07 Å². The number of hydrogen-bond acceptors (Lipinski definition) is 4. The fraction of sp³-hybridized carbons (Fsp3) is 0.615. The molecule has 0 spiro atoms. The van der Waals surface area contributed by atoms with Crippen LogP contribution in [0, 0.1) is 0 Å². The van der Waals surface area contributed by atoms with Gasteiger partial charge in [-0.05, 0) is 18.6 Å². The van der Waals surface area contributed by atoms with E-state index in [1.807, 2.05) is 0 Å². The molecule has 1 unspecified atom stereocenters. The Balaban J connectivity index is 2.43. The van der Waals surface area contributed by atoms with E-state index >= 15 is 0 Å². The average Bonchev–Trinajstić information content (AvgIpc) is 2.83. The quantitative estimate of drug-likeness (QED) is 0.587. The number of aliphatic hydroxyl groups excluding tert-OH is 1. The topological polar surface area (TPSA) is 59.7 Å². The van der Waals surface area contributed by atoms with Gasteiger partial charge >= 0.3 is 5.97 Å². The van der Waals surface area contributed by atoms with E-state index < -0.39 is 12.1 Å². The van der Waals surface area contributed by atoms with Gasteiger partial charge < -0.3 is 14.3 Å². The van der Waals surface area contributed by atoms with Crippen molar-refractivity contribution in [1.29, 1.82) is 0 Å². The molecular formula is C13H20O4. The summed E-state index contributed by atoms with van der Waals surface area (Å²) < 4.78 is 9.76. The van der Waals surface area contributed by atoms with E-state index in [2.05, 4.69) is 11.7 Å². The largest absolute Gasteiger partial charge is 0.463 e. The van der Waals surface area contributed by atoms with Crippen LogP contribution < -0.4 is 0 Å². The molecule has 96 valence electrons. The molecule has 1 rings (SSSR count). The number of aliphatic hydroxyl groups is 1. The summed E-state index contributed by atoms with van der Waals surface area (Å²) in [5.74, 6) is 0.0476. The Labute approximate surface area is 102 Å². The van der Waals surface area contributed by atoms with Crippen LogP contribution in [-0.4, -0.2) is 18.2 Å². The number of methoxy groups -OCH3 is 1. The van der Waals surface area contributed by atoms with Crippen LogP contribution in [0.5, 0.6) is 0 Å². The summed E-state index contributed by atoms with van der Waals surface area (Å²) in [7, 11) is 1.30. The highest BCUT2D eigenvalue weighted by Gasteiger charge is 2.16. The number of carbonyl (C=O) groups excluding carboxylic acids is 1.